The summed E-state index contributed by atoms with van der Waals surface area (Å²) < 4.78 is 19.0. The minimum absolute atomic E-state index is 0.115. The van der Waals surface area contributed by atoms with Crippen LogP contribution in [0.15, 0.2) is 66.2 Å². The highest BCUT2D eigenvalue weighted by Crippen LogP contribution is 2.43. The summed E-state index contributed by atoms with van der Waals surface area (Å²) in [6, 6.07) is 14.7. The van der Waals surface area contributed by atoms with Gasteiger partial charge in [0, 0.05) is 11.3 Å². The van der Waals surface area contributed by atoms with E-state index < -0.39 is 23.5 Å². The number of nitrogens with zero attached hydrogens (tertiary/aromatic N) is 1. The number of ketones is 1. The molecule has 1 aliphatic heterocycles. The molecule has 3 aromatic rings. The van der Waals surface area contributed by atoms with E-state index in [1.807, 2.05) is 19.1 Å². The second-order valence-electron chi connectivity index (χ2n) is 7.71. The largest absolute Gasteiger partial charge is 0.507 e. The van der Waals surface area contributed by atoms with Crippen molar-refractivity contribution in [1.82, 2.24) is 0 Å². The van der Waals surface area contributed by atoms with E-state index in [2.05, 4.69) is 0 Å². The molecule has 0 radical (unpaired) electrons. The number of halogens is 3. The van der Waals surface area contributed by atoms with Gasteiger partial charge in [0.05, 0.1) is 28.8 Å². The molecule has 4 rings (SSSR count). The molecule has 1 aliphatic rings. The van der Waals surface area contributed by atoms with Crippen LogP contribution in [0.2, 0.25) is 10.0 Å². The quantitative estimate of drug-likeness (QED) is 0.253. The van der Waals surface area contributed by atoms with Crippen molar-refractivity contribution >= 4 is 46.3 Å². The van der Waals surface area contributed by atoms with Gasteiger partial charge in [0.25, 0.3) is 11.7 Å². The molecule has 3 aromatic carbocycles. The number of methoxy groups -OCH3 is 1. The van der Waals surface area contributed by atoms with Gasteiger partial charge in [-0.1, -0.05) is 54.4 Å². The fraction of sp³-hybridized carbons (Fsp3) is 0.154. The second kappa shape index (κ2) is 9.49. The molecule has 34 heavy (non-hydrogen) atoms. The standard InChI is InChI=1S/C26H20Cl2FNO4/c1-3-14-4-6-15(7-5-14)23-22(24(31)16-8-11-21(34-2)19(28)12-16)25(32)26(33)30(23)17-9-10-20(29)18(27)13-17/h4-13,23,31H,3H2,1-2H3/b24-22+. The molecular weight excluding hydrogens is 480 g/mol. The average Bonchev–Trinajstić information content (AvgIpc) is 3.10. The van der Waals surface area contributed by atoms with Crippen LogP contribution in [0, 0.1) is 5.82 Å². The Bertz CT molecular complexity index is 1320. The van der Waals surface area contributed by atoms with Gasteiger partial charge < -0.3 is 9.84 Å². The Balaban J connectivity index is 1.94. The zero-order valence-corrected chi connectivity index (χ0v) is 19.8. The zero-order chi connectivity index (χ0) is 24.6. The molecule has 1 unspecified atom stereocenters. The summed E-state index contributed by atoms with van der Waals surface area (Å²) in [5.41, 5.74) is 2.02. The number of amides is 1. The molecule has 1 saturated heterocycles. The van der Waals surface area contributed by atoms with E-state index in [1.165, 1.54) is 30.2 Å². The zero-order valence-electron chi connectivity index (χ0n) is 18.3. The number of aliphatic hydroxyl groups is 1. The molecule has 0 aliphatic carbocycles. The van der Waals surface area contributed by atoms with Crippen molar-refractivity contribution in [2.24, 2.45) is 0 Å². The SMILES string of the molecule is CCc1ccc(C2/C(=C(\O)c3ccc(OC)c(Cl)c3)C(=O)C(=O)N2c2ccc(F)c(Cl)c2)cc1. The molecule has 1 amide bonds. The van der Waals surface area contributed by atoms with E-state index in [9.17, 15) is 19.1 Å². The van der Waals surface area contributed by atoms with Gasteiger partial charge in [-0.25, -0.2) is 4.39 Å². The summed E-state index contributed by atoms with van der Waals surface area (Å²) in [4.78, 5) is 27.6. The van der Waals surface area contributed by atoms with Crippen LogP contribution in [-0.4, -0.2) is 23.9 Å². The molecule has 1 fully saturated rings. The lowest BCUT2D eigenvalue weighted by Crippen LogP contribution is -2.29. The van der Waals surface area contributed by atoms with Gasteiger partial charge in [-0.05, 0) is 53.9 Å². The van der Waals surface area contributed by atoms with Crippen LogP contribution in [0.3, 0.4) is 0 Å². The van der Waals surface area contributed by atoms with Crippen LogP contribution >= 0.6 is 23.2 Å². The topological polar surface area (TPSA) is 66.8 Å². The van der Waals surface area contributed by atoms with E-state index in [0.717, 1.165) is 18.1 Å². The van der Waals surface area contributed by atoms with Crippen LogP contribution in [0.5, 0.6) is 5.75 Å². The Morgan fingerprint density at radius 1 is 1.03 bits per heavy atom. The van der Waals surface area contributed by atoms with Crippen molar-refractivity contribution in [2.75, 3.05) is 12.0 Å². The van der Waals surface area contributed by atoms with Crippen molar-refractivity contribution < 1.29 is 23.8 Å². The smallest absolute Gasteiger partial charge is 0.300 e. The van der Waals surface area contributed by atoms with Crippen molar-refractivity contribution in [3.63, 3.8) is 0 Å². The molecular formula is C26H20Cl2FNO4. The average molecular weight is 500 g/mol. The van der Waals surface area contributed by atoms with Gasteiger partial charge in [0.2, 0.25) is 0 Å². The van der Waals surface area contributed by atoms with Crippen molar-refractivity contribution in [3.05, 3.63) is 98.8 Å². The molecule has 0 saturated carbocycles. The van der Waals surface area contributed by atoms with E-state index in [1.54, 1.807) is 24.3 Å². The molecule has 1 atom stereocenters. The van der Waals surface area contributed by atoms with Gasteiger partial charge in [0.15, 0.2) is 0 Å². The first-order valence-corrected chi connectivity index (χ1v) is 11.2. The number of aryl methyl sites for hydroxylation is 1. The normalized spacial score (nSPS) is 17.3. The van der Waals surface area contributed by atoms with Crippen molar-refractivity contribution in [1.29, 1.82) is 0 Å². The summed E-state index contributed by atoms with van der Waals surface area (Å²) in [7, 11) is 1.46. The number of carbonyl (C=O) groups excluding carboxylic acids is 2. The number of rotatable bonds is 5. The predicted molar refractivity (Wildman–Crippen MR) is 130 cm³/mol. The molecule has 8 heteroatoms. The maximum atomic E-state index is 13.8. The molecule has 1 N–H and O–H groups in total. The monoisotopic (exact) mass is 499 g/mol. The van der Waals surface area contributed by atoms with Crippen LogP contribution < -0.4 is 9.64 Å². The van der Waals surface area contributed by atoms with Gasteiger partial charge in [-0.3, -0.25) is 14.5 Å². The van der Waals surface area contributed by atoms with Crippen LogP contribution in [0.25, 0.3) is 5.76 Å². The van der Waals surface area contributed by atoms with Gasteiger partial charge >= 0.3 is 0 Å². The molecule has 1 heterocycles. The maximum Gasteiger partial charge on any atom is 0.300 e. The minimum Gasteiger partial charge on any atom is -0.507 e. The maximum absolute atomic E-state index is 13.8. The lowest BCUT2D eigenvalue weighted by molar-refractivity contribution is -0.132. The second-order valence-corrected chi connectivity index (χ2v) is 8.53. The van der Waals surface area contributed by atoms with E-state index in [4.69, 9.17) is 27.9 Å². The third-order valence-electron chi connectivity index (χ3n) is 5.75. The van der Waals surface area contributed by atoms with Crippen molar-refractivity contribution in [2.45, 2.75) is 19.4 Å². The predicted octanol–water partition coefficient (Wildman–Crippen LogP) is 6.33. The number of hydrogen-bond acceptors (Lipinski definition) is 4. The van der Waals surface area contributed by atoms with Gasteiger partial charge in [0.1, 0.15) is 17.3 Å². The van der Waals surface area contributed by atoms with Gasteiger partial charge in [-0.2, -0.15) is 0 Å². The van der Waals surface area contributed by atoms with Crippen LogP contribution in [-0.2, 0) is 16.0 Å². The molecule has 5 nitrogen and oxygen atoms in total. The summed E-state index contributed by atoms with van der Waals surface area (Å²) in [6.45, 7) is 2.01. The summed E-state index contributed by atoms with van der Waals surface area (Å²) in [5.74, 6) is -2.39. The Morgan fingerprint density at radius 2 is 1.74 bits per heavy atom. The Morgan fingerprint density at radius 3 is 2.32 bits per heavy atom. The fourth-order valence-corrected chi connectivity index (χ4v) is 4.39. The number of hydrogen-bond donors (Lipinski definition) is 1. The number of carbonyl (C=O) groups is 2. The van der Waals surface area contributed by atoms with Crippen molar-refractivity contribution in [3.8, 4) is 5.75 Å². The highest BCUT2D eigenvalue weighted by Gasteiger charge is 2.47. The van der Waals surface area contributed by atoms with Crippen LogP contribution in [0.1, 0.15) is 29.7 Å². The number of anilines is 1. The number of Topliss-reactive ketones (excluding diaryl/α,β-unsaturated/α-hetero) is 1. The molecule has 0 spiro atoms. The molecule has 174 valence electrons. The minimum atomic E-state index is -0.965. The summed E-state index contributed by atoms with van der Waals surface area (Å²) in [5, 5.41) is 11.2. The third-order valence-corrected chi connectivity index (χ3v) is 6.34. The van der Waals surface area contributed by atoms with Gasteiger partial charge in [-0.15, -0.1) is 0 Å². The van der Waals surface area contributed by atoms with E-state index >= 15 is 0 Å². The Hall–Kier alpha value is -3.35. The highest BCUT2D eigenvalue weighted by molar-refractivity contribution is 6.52. The highest BCUT2D eigenvalue weighted by atomic mass is 35.5. The first kappa shape index (κ1) is 23.8. The Kier molecular flexibility index (Phi) is 6.64. The molecule has 0 bridgehead atoms. The first-order chi connectivity index (χ1) is 16.3. The third kappa shape index (κ3) is 4.15. The fourth-order valence-electron chi connectivity index (χ4n) is 3.95. The summed E-state index contributed by atoms with van der Waals surface area (Å²) in [6.07, 6.45) is 0.804. The summed E-state index contributed by atoms with van der Waals surface area (Å²) >= 11 is 12.2. The lowest BCUT2D eigenvalue weighted by atomic mass is 9.94. The lowest BCUT2D eigenvalue weighted by Gasteiger charge is -2.26. The van der Waals surface area contributed by atoms with E-state index in [-0.39, 0.29) is 32.6 Å². The number of benzene rings is 3. The van der Waals surface area contributed by atoms with E-state index in [0.29, 0.717) is 11.3 Å². The number of ether oxygens (including phenoxy) is 1. The Labute approximate surface area is 206 Å². The molecule has 0 aromatic heterocycles. The van der Waals surface area contributed by atoms with Crippen LogP contribution in [0.4, 0.5) is 10.1 Å². The first-order valence-electron chi connectivity index (χ1n) is 10.5. The number of aliphatic hydroxyl groups excluding tert-OH is 1.